The van der Waals surface area contributed by atoms with Crippen molar-refractivity contribution < 1.29 is 19.1 Å². The minimum Gasteiger partial charge on any atom is -0.466 e. The zero-order chi connectivity index (χ0) is 18.0. The van der Waals surface area contributed by atoms with E-state index in [1.165, 1.54) is 18.6 Å². The van der Waals surface area contributed by atoms with E-state index in [2.05, 4.69) is 6.92 Å². The van der Waals surface area contributed by atoms with Crippen LogP contribution in [0.2, 0.25) is 0 Å². The Bertz CT molecular complexity index is 421. The van der Waals surface area contributed by atoms with Crippen LogP contribution in [0.1, 0.15) is 78.1 Å². The Morgan fingerprint density at radius 3 is 1.71 bits per heavy atom. The Kier molecular flexibility index (Phi) is 15.0. The molecule has 24 heavy (non-hydrogen) atoms. The molecule has 0 aliphatic rings. The molecule has 0 aromatic rings. The fourth-order valence-electron chi connectivity index (χ4n) is 2.20. The summed E-state index contributed by atoms with van der Waals surface area (Å²) in [5, 5.41) is 0. The highest BCUT2D eigenvalue weighted by Gasteiger charge is 2.02. The first-order valence-electron chi connectivity index (χ1n) is 9.16. The van der Waals surface area contributed by atoms with Gasteiger partial charge in [0.1, 0.15) is 0 Å². The molecule has 0 atom stereocenters. The summed E-state index contributed by atoms with van der Waals surface area (Å²) in [5.74, 6) is -0.0124. The SMILES string of the molecule is CCCCCCC(=O)/C=C\C=C\C(=O)CCCCCC(=O)OCC. The van der Waals surface area contributed by atoms with Crippen molar-refractivity contribution >= 4 is 17.5 Å². The second-order valence-corrected chi connectivity index (χ2v) is 5.83. The molecule has 4 nitrogen and oxygen atoms in total. The lowest BCUT2D eigenvalue weighted by Crippen LogP contribution is -2.03. The van der Waals surface area contributed by atoms with E-state index < -0.39 is 0 Å². The molecule has 0 unspecified atom stereocenters. The summed E-state index contributed by atoms with van der Waals surface area (Å²) in [7, 11) is 0. The summed E-state index contributed by atoms with van der Waals surface area (Å²) in [4.78, 5) is 34.3. The molecular weight excluding hydrogens is 304 g/mol. The zero-order valence-electron chi connectivity index (χ0n) is 15.2. The quantitative estimate of drug-likeness (QED) is 0.188. The van der Waals surface area contributed by atoms with Gasteiger partial charge in [0.25, 0.3) is 0 Å². The van der Waals surface area contributed by atoms with Crippen LogP contribution in [0.15, 0.2) is 24.3 Å². The Morgan fingerprint density at radius 1 is 0.708 bits per heavy atom. The summed E-state index contributed by atoms with van der Waals surface area (Å²) < 4.78 is 4.84. The van der Waals surface area contributed by atoms with Gasteiger partial charge in [0.05, 0.1) is 6.61 Å². The molecule has 0 aromatic carbocycles. The van der Waals surface area contributed by atoms with Crippen molar-refractivity contribution in [3.63, 3.8) is 0 Å². The second-order valence-electron chi connectivity index (χ2n) is 5.83. The van der Waals surface area contributed by atoms with E-state index in [-0.39, 0.29) is 17.5 Å². The Labute approximate surface area is 146 Å². The second kappa shape index (κ2) is 16.2. The fourth-order valence-corrected chi connectivity index (χ4v) is 2.20. The third-order valence-electron chi connectivity index (χ3n) is 3.56. The Balaban J connectivity index is 3.68. The Hall–Kier alpha value is -1.71. The largest absolute Gasteiger partial charge is 0.466 e. The zero-order valence-corrected chi connectivity index (χ0v) is 15.2. The van der Waals surface area contributed by atoms with E-state index in [4.69, 9.17) is 4.74 Å². The normalized spacial score (nSPS) is 11.2. The van der Waals surface area contributed by atoms with Crippen LogP contribution < -0.4 is 0 Å². The summed E-state index contributed by atoms with van der Waals surface area (Å²) in [5.41, 5.74) is 0. The van der Waals surface area contributed by atoms with Gasteiger partial charge in [-0.1, -0.05) is 44.8 Å². The monoisotopic (exact) mass is 336 g/mol. The summed E-state index contributed by atoms with van der Waals surface area (Å²) in [6, 6.07) is 0. The standard InChI is InChI=1S/C20H32O4/c1-3-5-6-8-13-18(21)15-11-12-16-19(22)14-9-7-10-17-20(23)24-4-2/h11-12,15-16H,3-10,13-14,17H2,1-2H3/b15-11-,16-12+. The number of ether oxygens (including phenoxy) is 1. The summed E-state index contributed by atoms with van der Waals surface area (Å²) >= 11 is 0. The van der Waals surface area contributed by atoms with Crippen molar-refractivity contribution in [2.45, 2.75) is 78.1 Å². The number of carbonyl (C=O) groups excluding carboxylic acids is 3. The molecule has 4 heteroatoms. The van der Waals surface area contributed by atoms with Crippen molar-refractivity contribution in [3.8, 4) is 0 Å². The van der Waals surface area contributed by atoms with E-state index >= 15 is 0 Å². The van der Waals surface area contributed by atoms with Crippen molar-refractivity contribution in [1.29, 1.82) is 0 Å². The lowest BCUT2D eigenvalue weighted by atomic mass is 10.1. The molecule has 0 amide bonds. The van der Waals surface area contributed by atoms with Gasteiger partial charge in [-0.3, -0.25) is 14.4 Å². The highest BCUT2D eigenvalue weighted by atomic mass is 16.5. The lowest BCUT2D eigenvalue weighted by molar-refractivity contribution is -0.143. The maximum Gasteiger partial charge on any atom is 0.305 e. The molecular formula is C20H32O4. The molecule has 136 valence electrons. The van der Waals surface area contributed by atoms with Crippen LogP contribution in [0.25, 0.3) is 0 Å². The minimum atomic E-state index is -0.173. The van der Waals surface area contributed by atoms with Gasteiger partial charge in [0.2, 0.25) is 0 Å². The van der Waals surface area contributed by atoms with Gasteiger partial charge in [-0.05, 0) is 38.3 Å². The number of ketones is 2. The number of rotatable bonds is 15. The number of allylic oxidation sites excluding steroid dienone is 4. The summed E-state index contributed by atoms with van der Waals surface area (Å²) in [6.07, 6.45) is 14.5. The van der Waals surface area contributed by atoms with E-state index in [0.717, 1.165) is 38.5 Å². The van der Waals surface area contributed by atoms with Crippen molar-refractivity contribution in [2.75, 3.05) is 6.61 Å². The maximum absolute atomic E-state index is 11.6. The first-order chi connectivity index (χ1) is 11.6. The first kappa shape index (κ1) is 22.3. The van der Waals surface area contributed by atoms with Gasteiger partial charge in [0.15, 0.2) is 11.6 Å². The third kappa shape index (κ3) is 15.2. The molecule has 0 radical (unpaired) electrons. The molecule has 0 saturated carbocycles. The number of hydrogen-bond donors (Lipinski definition) is 0. The van der Waals surface area contributed by atoms with Crippen LogP contribution in [-0.2, 0) is 19.1 Å². The van der Waals surface area contributed by atoms with Gasteiger partial charge in [-0.15, -0.1) is 0 Å². The average Bonchev–Trinajstić information content (AvgIpc) is 2.55. The smallest absolute Gasteiger partial charge is 0.305 e. The maximum atomic E-state index is 11.6. The van der Waals surface area contributed by atoms with Crippen molar-refractivity contribution in [1.82, 2.24) is 0 Å². The third-order valence-corrected chi connectivity index (χ3v) is 3.56. The van der Waals surface area contributed by atoms with Crippen molar-refractivity contribution in [3.05, 3.63) is 24.3 Å². The molecule has 0 heterocycles. The van der Waals surface area contributed by atoms with Crippen LogP contribution >= 0.6 is 0 Å². The number of hydrogen-bond acceptors (Lipinski definition) is 4. The molecule has 0 rings (SSSR count). The number of carbonyl (C=O) groups is 3. The summed E-state index contributed by atoms with van der Waals surface area (Å²) in [6.45, 7) is 4.35. The molecule has 0 saturated heterocycles. The van der Waals surface area contributed by atoms with Gasteiger partial charge >= 0.3 is 5.97 Å². The van der Waals surface area contributed by atoms with E-state index in [0.29, 0.717) is 25.9 Å². The topological polar surface area (TPSA) is 60.4 Å². The molecule has 0 aliphatic carbocycles. The highest BCUT2D eigenvalue weighted by Crippen LogP contribution is 2.06. The molecule has 0 aromatic heterocycles. The van der Waals surface area contributed by atoms with Crippen LogP contribution in [-0.4, -0.2) is 24.1 Å². The average molecular weight is 336 g/mol. The molecule has 0 fully saturated rings. The minimum absolute atomic E-state index is 0.0474. The van der Waals surface area contributed by atoms with Crippen LogP contribution in [0, 0.1) is 0 Å². The predicted octanol–water partition coefficient (Wildman–Crippen LogP) is 4.72. The molecule has 0 spiro atoms. The first-order valence-corrected chi connectivity index (χ1v) is 9.16. The van der Waals surface area contributed by atoms with Gasteiger partial charge in [-0.25, -0.2) is 0 Å². The van der Waals surface area contributed by atoms with Crippen LogP contribution in [0.5, 0.6) is 0 Å². The van der Waals surface area contributed by atoms with Crippen molar-refractivity contribution in [2.24, 2.45) is 0 Å². The van der Waals surface area contributed by atoms with E-state index in [1.807, 2.05) is 0 Å². The molecule has 0 N–H and O–H groups in total. The molecule has 0 bridgehead atoms. The van der Waals surface area contributed by atoms with Gasteiger partial charge < -0.3 is 4.74 Å². The predicted molar refractivity (Wildman–Crippen MR) is 96.8 cm³/mol. The highest BCUT2D eigenvalue weighted by molar-refractivity contribution is 5.91. The van der Waals surface area contributed by atoms with Crippen LogP contribution in [0.4, 0.5) is 0 Å². The van der Waals surface area contributed by atoms with Crippen LogP contribution in [0.3, 0.4) is 0 Å². The fraction of sp³-hybridized carbons (Fsp3) is 0.650. The van der Waals surface area contributed by atoms with E-state index in [1.54, 1.807) is 19.1 Å². The lowest BCUT2D eigenvalue weighted by Gasteiger charge is -2.00. The van der Waals surface area contributed by atoms with E-state index in [9.17, 15) is 14.4 Å². The van der Waals surface area contributed by atoms with Gasteiger partial charge in [-0.2, -0.15) is 0 Å². The van der Waals surface area contributed by atoms with Gasteiger partial charge in [0, 0.05) is 19.3 Å². The number of esters is 1. The number of unbranched alkanes of at least 4 members (excludes halogenated alkanes) is 5. The Morgan fingerprint density at radius 2 is 1.21 bits per heavy atom. The molecule has 0 aliphatic heterocycles.